The minimum Gasteiger partial charge on any atom is -0.392 e. The molecule has 0 amide bonds. The fraction of sp³-hybridized carbons (Fsp3) is 0.455. The monoisotopic (exact) mass is 354 g/mol. The van der Waals surface area contributed by atoms with Crippen LogP contribution >= 0.6 is 23.2 Å². The zero-order chi connectivity index (χ0) is 15.8. The SMILES string of the molecule is O=[N+]([O-])c1c(Cl)ccc(S(=O)(=O)N2CCC[C@H](O)C2)c1Cl. The van der Waals surface area contributed by atoms with E-state index < -0.39 is 31.8 Å². The Kier molecular flexibility index (Phi) is 4.74. The number of piperidine rings is 1. The molecule has 0 unspecified atom stereocenters. The van der Waals surface area contributed by atoms with Crippen LogP contribution in [0.4, 0.5) is 5.69 Å². The van der Waals surface area contributed by atoms with E-state index in [0.717, 1.165) is 16.4 Å². The Hall–Kier alpha value is -0.930. The molecule has 1 aliphatic heterocycles. The van der Waals surface area contributed by atoms with E-state index in [1.807, 2.05) is 0 Å². The van der Waals surface area contributed by atoms with Crippen LogP contribution in [0.25, 0.3) is 0 Å². The molecule has 1 atom stereocenters. The number of sulfonamides is 1. The molecule has 1 N–H and O–H groups in total. The topological polar surface area (TPSA) is 101 Å². The van der Waals surface area contributed by atoms with Gasteiger partial charge in [0.15, 0.2) is 0 Å². The summed E-state index contributed by atoms with van der Waals surface area (Å²) in [5.74, 6) is 0. The molecule has 0 spiro atoms. The molecule has 116 valence electrons. The van der Waals surface area contributed by atoms with Crippen molar-refractivity contribution in [1.29, 1.82) is 0 Å². The molecule has 0 aliphatic carbocycles. The van der Waals surface area contributed by atoms with Crippen LogP contribution in [0.3, 0.4) is 0 Å². The number of nitro groups is 1. The summed E-state index contributed by atoms with van der Waals surface area (Å²) in [4.78, 5) is 9.73. The molecule has 0 saturated carbocycles. The van der Waals surface area contributed by atoms with Crippen LogP contribution in [0.1, 0.15) is 12.8 Å². The summed E-state index contributed by atoms with van der Waals surface area (Å²) in [6.07, 6.45) is 0.267. The Balaban J connectivity index is 2.50. The van der Waals surface area contributed by atoms with Crippen LogP contribution < -0.4 is 0 Å². The summed E-state index contributed by atoms with van der Waals surface area (Å²) in [5.41, 5.74) is -0.642. The van der Waals surface area contributed by atoms with Gasteiger partial charge in [-0.25, -0.2) is 8.42 Å². The second-order valence-corrected chi connectivity index (χ2v) is 7.32. The lowest BCUT2D eigenvalue weighted by Gasteiger charge is -2.29. The first-order chi connectivity index (χ1) is 9.75. The molecular formula is C11H12Cl2N2O5S. The van der Waals surface area contributed by atoms with E-state index in [4.69, 9.17) is 23.2 Å². The van der Waals surface area contributed by atoms with E-state index in [1.165, 1.54) is 0 Å². The van der Waals surface area contributed by atoms with Crippen molar-refractivity contribution in [2.75, 3.05) is 13.1 Å². The van der Waals surface area contributed by atoms with Crippen LogP contribution in [0, 0.1) is 10.1 Å². The minimum absolute atomic E-state index is 0.0604. The number of hydrogen-bond acceptors (Lipinski definition) is 5. The van der Waals surface area contributed by atoms with Crippen molar-refractivity contribution in [3.05, 3.63) is 32.3 Å². The molecule has 1 saturated heterocycles. The Morgan fingerprint density at radius 2 is 2.05 bits per heavy atom. The van der Waals surface area contributed by atoms with Crippen molar-refractivity contribution >= 4 is 38.9 Å². The minimum atomic E-state index is -4.02. The van der Waals surface area contributed by atoms with Crippen molar-refractivity contribution in [2.45, 2.75) is 23.8 Å². The highest BCUT2D eigenvalue weighted by Crippen LogP contribution is 2.38. The third-order valence-electron chi connectivity index (χ3n) is 3.19. The number of nitro benzene ring substituents is 1. The molecule has 0 aromatic heterocycles. The fourth-order valence-electron chi connectivity index (χ4n) is 2.17. The van der Waals surface area contributed by atoms with E-state index in [1.54, 1.807) is 0 Å². The van der Waals surface area contributed by atoms with Gasteiger partial charge in [0.2, 0.25) is 10.0 Å². The fourth-order valence-corrected chi connectivity index (χ4v) is 4.55. The molecule has 7 nitrogen and oxygen atoms in total. The van der Waals surface area contributed by atoms with Gasteiger partial charge >= 0.3 is 5.69 Å². The van der Waals surface area contributed by atoms with Gasteiger partial charge in [-0.3, -0.25) is 10.1 Å². The van der Waals surface area contributed by atoms with Crippen LogP contribution in [-0.4, -0.2) is 41.9 Å². The van der Waals surface area contributed by atoms with Gasteiger partial charge in [-0.05, 0) is 25.0 Å². The molecule has 10 heteroatoms. The third kappa shape index (κ3) is 3.14. The van der Waals surface area contributed by atoms with E-state index >= 15 is 0 Å². The van der Waals surface area contributed by atoms with Crippen LogP contribution in [0.2, 0.25) is 10.0 Å². The zero-order valence-corrected chi connectivity index (χ0v) is 13.0. The number of rotatable bonds is 3. The largest absolute Gasteiger partial charge is 0.392 e. The summed E-state index contributed by atoms with van der Waals surface area (Å²) in [6.45, 7) is 0.168. The number of aliphatic hydroxyl groups is 1. The van der Waals surface area contributed by atoms with Crippen molar-refractivity contribution in [2.24, 2.45) is 0 Å². The maximum atomic E-state index is 12.5. The van der Waals surface area contributed by atoms with E-state index in [2.05, 4.69) is 0 Å². The molecule has 1 aromatic carbocycles. The molecular weight excluding hydrogens is 343 g/mol. The number of β-amino-alcohol motifs (C(OH)–C–C–N with tert-alkyl or cyclic N) is 1. The summed E-state index contributed by atoms with van der Waals surface area (Å²) in [6, 6.07) is 2.26. The van der Waals surface area contributed by atoms with E-state index in [0.29, 0.717) is 12.8 Å². The first-order valence-electron chi connectivity index (χ1n) is 6.05. The quantitative estimate of drug-likeness (QED) is 0.661. The standard InChI is InChI=1S/C11H12Cl2N2O5S/c12-8-3-4-9(10(13)11(8)15(17)18)21(19,20)14-5-1-2-7(16)6-14/h3-4,7,16H,1-2,5-6H2/t7-/m0/s1. The van der Waals surface area contributed by atoms with Crippen molar-refractivity contribution in [3.63, 3.8) is 0 Å². The molecule has 0 radical (unpaired) electrons. The summed E-state index contributed by atoms with van der Waals surface area (Å²) in [7, 11) is -4.02. The molecule has 1 aliphatic rings. The normalized spacial score (nSPS) is 20.4. The molecule has 1 aromatic rings. The van der Waals surface area contributed by atoms with Crippen LogP contribution in [0.15, 0.2) is 17.0 Å². The maximum absolute atomic E-state index is 12.5. The Morgan fingerprint density at radius 1 is 1.38 bits per heavy atom. The number of benzene rings is 1. The smallest absolute Gasteiger partial charge is 0.307 e. The molecule has 2 rings (SSSR count). The van der Waals surface area contributed by atoms with Crippen molar-refractivity contribution in [3.8, 4) is 0 Å². The van der Waals surface area contributed by atoms with Gasteiger partial charge in [0, 0.05) is 13.1 Å². The second-order valence-electron chi connectivity index (χ2n) is 4.62. The first kappa shape index (κ1) is 16.4. The van der Waals surface area contributed by atoms with Crippen molar-refractivity contribution in [1.82, 2.24) is 4.31 Å². The number of aliphatic hydroxyl groups excluding tert-OH is 1. The van der Waals surface area contributed by atoms with E-state index in [9.17, 15) is 23.6 Å². The molecule has 21 heavy (non-hydrogen) atoms. The van der Waals surface area contributed by atoms with Crippen LogP contribution in [-0.2, 0) is 10.0 Å². The highest BCUT2D eigenvalue weighted by atomic mass is 35.5. The number of nitrogens with zero attached hydrogens (tertiary/aromatic N) is 2. The highest BCUT2D eigenvalue weighted by molar-refractivity contribution is 7.89. The zero-order valence-electron chi connectivity index (χ0n) is 10.7. The Morgan fingerprint density at radius 3 is 2.62 bits per heavy atom. The lowest BCUT2D eigenvalue weighted by molar-refractivity contribution is -0.384. The number of halogens is 2. The predicted molar refractivity (Wildman–Crippen MR) is 77.1 cm³/mol. The van der Waals surface area contributed by atoms with Gasteiger partial charge in [0.1, 0.15) is 14.9 Å². The van der Waals surface area contributed by atoms with Gasteiger partial charge in [-0.1, -0.05) is 23.2 Å². The Labute approximate surface area is 131 Å². The maximum Gasteiger partial charge on any atom is 0.307 e. The first-order valence-corrected chi connectivity index (χ1v) is 8.25. The molecule has 1 fully saturated rings. The third-order valence-corrected chi connectivity index (χ3v) is 5.90. The van der Waals surface area contributed by atoms with Crippen molar-refractivity contribution < 1.29 is 18.4 Å². The summed E-state index contributed by atoms with van der Waals surface area (Å²) >= 11 is 11.5. The summed E-state index contributed by atoms with van der Waals surface area (Å²) < 4.78 is 26.1. The van der Waals surface area contributed by atoms with E-state index in [-0.39, 0.29) is 23.0 Å². The van der Waals surface area contributed by atoms with Crippen LogP contribution in [0.5, 0.6) is 0 Å². The lowest BCUT2D eigenvalue weighted by Crippen LogP contribution is -2.42. The van der Waals surface area contributed by atoms with Gasteiger partial charge in [-0.15, -0.1) is 0 Å². The average Bonchev–Trinajstić information content (AvgIpc) is 2.37. The Bertz CT molecular complexity index is 679. The highest BCUT2D eigenvalue weighted by Gasteiger charge is 2.34. The van der Waals surface area contributed by atoms with Gasteiger partial charge in [0.05, 0.1) is 11.0 Å². The predicted octanol–water partition coefficient (Wildman–Crippen LogP) is 2.05. The average molecular weight is 355 g/mol. The van der Waals surface area contributed by atoms with Gasteiger partial charge in [-0.2, -0.15) is 4.31 Å². The summed E-state index contributed by atoms with van der Waals surface area (Å²) in [5, 5.41) is 19.8. The number of hydrogen-bond donors (Lipinski definition) is 1. The van der Waals surface area contributed by atoms with Gasteiger partial charge in [0.25, 0.3) is 0 Å². The van der Waals surface area contributed by atoms with Gasteiger partial charge < -0.3 is 5.11 Å². The molecule has 1 heterocycles. The second kappa shape index (κ2) is 6.05. The molecule has 0 bridgehead atoms. The lowest BCUT2D eigenvalue weighted by atomic mass is 10.1.